The van der Waals surface area contributed by atoms with Gasteiger partial charge < -0.3 is 10.2 Å². The summed E-state index contributed by atoms with van der Waals surface area (Å²) in [6.45, 7) is 2.67. The lowest BCUT2D eigenvalue weighted by molar-refractivity contribution is -0.139. The second kappa shape index (κ2) is 10.1. The Morgan fingerprint density at radius 2 is 1.77 bits per heavy atom. The lowest BCUT2D eigenvalue weighted by Gasteiger charge is -2.31. The Hall–Kier alpha value is -2.65. The predicted octanol–water partition coefficient (Wildman–Crippen LogP) is 2.72. The maximum Gasteiger partial charge on any atom is 0.244 e. The van der Waals surface area contributed by atoms with Crippen molar-refractivity contribution in [2.45, 2.75) is 26.4 Å². The Kier molecular flexibility index (Phi) is 8.02. The van der Waals surface area contributed by atoms with E-state index >= 15 is 0 Å². The molecule has 0 saturated carbocycles. The van der Waals surface area contributed by atoms with Gasteiger partial charge in [0.15, 0.2) is 0 Å². The number of benzene rings is 2. The zero-order valence-corrected chi connectivity index (χ0v) is 19.3. The Labute approximate surface area is 186 Å². The van der Waals surface area contributed by atoms with Crippen LogP contribution >= 0.6 is 11.6 Å². The molecule has 2 rings (SSSR count). The molecular formula is C21H25ClFN3O4S. The number of amides is 2. The van der Waals surface area contributed by atoms with E-state index in [9.17, 15) is 22.4 Å². The third-order valence-corrected chi connectivity index (χ3v) is 6.40. The molecule has 10 heteroatoms. The van der Waals surface area contributed by atoms with E-state index in [2.05, 4.69) is 5.32 Å². The molecule has 0 aromatic heterocycles. The molecule has 7 nitrogen and oxygen atoms in total. The number of anilines is 1. The van der Waals surface area contributed by atoms with Crippen molar-refractivity contribution >= 4 is 39.1 Å². The number of rotatable bonds is 8. The molecule has 2 aromatic rings. The molecule has 0 unspecified atom stereocenters. The van der Waals surface area contributed by atoms with E-state index in [4.69, 9.17) is 11.6 Å². The van der Waals surface area contributed by atoms with Gasteiger partial charge in [-0.05, 0) is 49.2 Å². The number of hydrogen-bond donors (Lipinski definition) is 1. The molecule has 0 heterocycles. The first-order chi connectivity index (χ1) is 14.5. The van der Waals surface area contributed by atoms with Crippen LogP contribution in [0.1, 0.15) is 18.1 Å². The van der Waals surface area contributed by atoms with Crippen molar-refractivity contribution in [3.8, 4) is 0 Å². The summed E-state index contributed by atoms with van der Waals surface area (Å²) < 4.78 is 39.2. The fourth-order valence-corrected chi connectivity index (χ4v) is 4.11. The van der Waals surface area contributed by atoms with Crippen LogP contribution in [0.5, 0.6) is 0 Å². The minimum absolute atomic E-state index is 0.000169. The second-order valence-electron chi connectivity index (χ2n) is 7.09. The van der Waals surface area contributed by atoms with Gasteiger partial charge in [0.2, 0.25) is 21.8 Å². The average Bonchev–Trinajstić information content (AvgIpc) is 2.71. The van der Waals surface area contributed by atoms with Crippen molar-refractivity contribution in [1.29, 1.82) is 0 Å². The molecule has 0 bridgehead atoms. The summed E-state index contributed by atoms with van der Waals surface area (Å²) in [4.78, 5) is 26.7. The molecule has 1 N–H and O–H groups in total. The summed E-state index contributed by atoms with van der Waals surface area (Å²) in [7, 11) is -2.40. The molecule has 2 amide bonds. The summed E-state index contributed by atoms with van der Waals surface area (Å²) in [6, 6.07) is 9.39. The molecule has 2 aromatic carbocycles. The van der Waals surface area contributed by atoms with Gasteiger partial charge in [0.05, 0.1) is 11.9 Å². The fourth-order valence-electron chi connectivity index (χ4n) is 3.04. The van der Waals surface area contributed by atoms with Crippen LogP contribution < -0.4 is 9.62 Å². The van der Waals surface area contributed by atoms with Crippen LogP contribution in [0, 0.1) is 12.7 Å². The van der Waals surface area contributed by atoms with Gasteiger partial charge >= 0.3 is 0 Å². The molecule has 0 spiro atoms. The Bertz CT molecular complexity index is 1060. The number of carbonyl (C=O) groups excluding carboxylic acids is 2. The first kappa shape index (κ1) is 24.6. The molecule has 0 radical (unpaired) electrons. The van der Waals surface area contributed by atoms with Crippen molar-refractivity contribution in [1.82, 2.24) is 10.2 Å². The van der Waals surface area contributed by atoms with Crippen LogP contribution in [0.2, 0.25) is 5.02 Å². The van der Waals surface area contributed by atoms with Crippen LogP contribution in [0.15, 0.2) is 42.5 Å². The first-order valence-electron chi connectivity index (χ1n) is 9.44. The van der Waals surface area contributed by atoms with E-state index in [1.807, 2.05) is 0 Å². The quantitative estimate of drug-likeness (QED) is 0.644. The van der Waals surface area contributed by atoms with Gasteiger partial charge in [0.25, 0.3) is 0 Å². The maximum absolute atomic E-state index is 13.3. The SMILES string of the molecule is CNC(=O)[C@H](C)N(Cc1ccc(F)cc1)C(=O)CN(c1cccc(Cl)c1C)S(C)(=O)=O. The van der Waals surface area contributed by atoms with E-state index in [0.717, 1.165) is 10.6 Å². The molecule has 0 aliphatic rings. The van der Waals surface area contributed by atoms with Crippen molar-refractivity contribution in [3.63, 3.8) is 0 Å². The van der Waals surface area contributed by atoms with Crippen molar-refractivity contribution in [2.24, 2.45) is 0 Å². The lowest BCUT2D eigenvalue weighted by Crippen LogP contribution is -2.50. The number of carbonyl (C=O) groups is 2. The number of nitrogens with zero attached hydrogens (tertiary/aromatic N) is 2. The third-order valence-electron chi connectivity index (χ3n) is 4.87. The van der Waals surface area contributed by atoms with Crippen LogP contribution in [0.25, 0.3) is 0 Å². The maximum atomic E-state index is 13.3. The lowest BCUT2D eigenvalue weighted by atomic mass is 10.1. The minimum atomic E-state index is -3.84. The number of nitrogens with one attached hydrogen (secondary N) is 1. The molecule has 168 valence electrons. The smallest absolute Gasteiger partial charge is 0.244 e. The molecule has 0 aliphatic heterocycles. The van der Waals surface area contributed by atoms with Crippen LogP contribution in [-0.2, 0) is 26.2 Å². The highest BCUT2D eigenvalue weighted by atomic mass is 35.5. The van der Waals surface area contributed by atoms with Crippen molar-refractivity contribution in [3.05, 3.63) is 64.4 Å². The largest absolute Gasteiger partial charge is 0.357 e. The van der Waals surface area contributed by atoms with E-state index in [-0.39, 0.29) is 12.2 Å². The normalized spacial score (nSPS) is 12.2. The molecule has 0 aliphatic carbocycles. The molecule has 31 heavy (non-hydrogen) atoms. The van der Waals surface area contributed by atoms with Crippen molar-refractivity contribution < 1.29 is 22.4 Å². The second-order valence-corrected chi connectivity index (χ2v) is 9.41. The van der Waals surface area contributed by atoms with E-state index in [1.54, 1.807) is 25.1 Å². The third kappa shape index (κ3) is 6.18. The summed E-state index contributed by atoms with van der Waals surface area (Å²) in [5.41, 5.74) is 1.37. The van der Waals surface area contributed by atoms with Gasteiger partial charge in [-0.25, -0.2) is 12.8 Å². The monoisotopic (exact) mass is 469 g/mol. The average molecular weight is 470 g/mol. The van der Waals surface area contributed by atoms with Crippen LogP contribution in [0.3, 0.4) is 0 Å². The highest BCUT2D eigenvalue weighted by Gasteiger charge is 2.30. The van der Waals surface area contributed by atoms with Crippen LogP contribution in [-0.4, -0.2) is 51.0 Å². The molecule has 0 saturated heterocycles. The van der Waals surface area contributed by atoms with Crippen molar-refractivity contribution in [2.75, 3.05) is 24.2 Å². The Balaban J connectivity index is 2.42. The summed E-state index contributed by atoms with van der Waals surface area (Å²) in [5, 5.41) is 2.85. The summed E-state index contributed by atoms with van der Waals surface area (Å²) in [5.74, 6) is -1.44. The zero-order valence-electron chi connectivity index (χ0n) is 17.7. The summed E-state index contributed by atoms with van der Waals surface area (Å²) >= 11 is 6.14. The van der Waals surface area contributed by atoms with Gasteiger partial charge in [-0.2, -0.15) is 0 Å². The number of sulfonamides is 1. The van der Waals surface area contributed by atoms with Gasteiger partial charge in [-0.3, -0.25) is 13.9 Å². The Morgan fingerprint density at radius 3 is 2.32 bits per heavy atom. The van der Waals surface area contributed by atoms with E-state index < -0.39 is 40.2 Å². The molecule has 1 atom stereocenters. The minimum Gasteiger partial charge on any atom is -0.357 e. The predicted molar refractivity (Wildman–Crippen MR) is 119 cm³/mol. The van der Waals surface area contributed by atoms with Gasteiger partial charge in [0, 0.05) is 18.6 Å². The van der Waals surface area contributed by atoms with E-state index in [1.165, 1.54) is 43.1 Å². The summed E-state index contributed by atoms with van der Waals surface area (Å²) in [6.07, 6.45) is 0.993. The van der Waals surface area contributed by atoms with Gasteiger partial charge in [-0.1, -0.05) is 29.8 Å². The topological polar surface area (TPSA) is 86.8 Å². The van der Waals surface area contributed by atoms with Gasteiger partial charge in [-0.15, -0.1) is 0 Å². The van der Waals surface area contributed by atoms with Crippen LogP contribution in [0.4, 0.5) is 10.1 Å². The number of halogens is 2. The standard InChI is InChI=1S/C21H25ClFN3O4S/c1-14-18(22)6-5-7-19(14)26(31(4,29)30)13-20(27)25(15(2)21(28)24-3)12-16-8-10-17(23)11-9-16/h5-11,15H,12-13H2,1-4H3,(H,24,28)/t15-/m0/s1. The van der Waals surface area contributed by atoms with Gasteiger partial charge in [0.1, 0.15) is 18.4 Å². The number of hydrogen-bond acceptors (Lipinski definition) is 4. The molecular weight excluding hydrogens is 445 g/mol. The highest BCUT2D eigenvalue weighted by Crippen LogP contribution is 2.28. The molecule has 0 fully saturated rings. The Morgan fingerprint density at radius 1 is 1.16 bits per heavy atom. The van der Waals surface area contributed by atoms with E-state index in [0.29, 0.717) is 16.1 Å². The fraction of sp³-hybridized carbons (Fsp3) is 0.333. The first-order valence-corrected chi connectivity index (χ1v) is 11.7. The highest BCUT2D eigenvalue weighted by molar-refractivity contribution is 7.92. The zero-order chi connectivity index (χ0) is 23.3. The number of likely N-dealkylation sites (N-methyl/N-ethyl adjacent to an activating group) is 1.